The highest BCUT2D eigenvalue weighted by atomic mass is 32.2. The molecule has 0 aliphatic rings. The van der Waals surface area contributed by atoms with Crippen LogP contribution in [0, 0.1) is 12.7 Å². The number of fused-ring (bicyclic) bond motifs is 1. The summed E-state index contributed by atoms with van der Waals surface area (Å²) in [6.45, 7) is 1.68. The molecule has 0 saturated carbocycles. The summed E-state index contributed by atoms with van der Waals surface area (Å²) < 4.78 is 37.5. The summed E-state index contributed by atoms with van der Waals surface area (Å²) in [7, 11) is -3.47. The molecular weight excluding hydrogens is 309 g/mol. The molecule has 0 fully saturated rings. The van der Waals surface area contributed by atoms with Gasteiger partial charge in [-0.1, -0.05) is 0 Å². The van der Waals surface area contributed by atoms with Crippen LogP contribution in [0.3, 0.4) is 0 Å². The number of aryl methyl sites for hydroxylation is 1. The molecular formula is C14H12FN3O3S. The fourth-order valence-corrected chi connectivity index (χ4v) is 3.06. The number of nitrogens with zero attached hydrogens (tertiary/aromatic N) is 1. The van der Waals surface area contributed by atoms with Crippen molar-refractivity contribution in [3.05, 3.63) is 46.3 Å². The summed E-state index contributed by atoms with van der Waals surface area (Å²) >= 11 is 0. The Hall–Kier alpha value is -2.48. The first-order valence-electron chi connectivity index (χ1n) is 6.35. The standard InChI is InChI=1S/C14H12FN3O3S/c1-7-12-10(6-16-18-14(12)19)13(17-7)9-5-8(22(2,20)21)3-4-11(9)15/h3-6,17H,1-2H3,(H,18,19). The van der Waals surface area contributed by atoms with E-state index in [9.17, 15) is 17.6 Å². The van der Waals surface area contributed by atoms with Gasteiger partial charge in [-0.15, -0.1) is 0 Å². The Kier molecular flexibility index (Phi) is 3.13. The van der Waals surface area contributed by atoms with Gasteiger partial charge in [0.2, 0.25) is 0 Å². The molecule has 0 aliphatic heterocycles. The van der Waals surface area contributed by atoms with E-state index in [-0.39, 0.29) is 10.5 Å². The fourth-order valence-electron chi connectivity index (χ4n) is 2.42. The van der Waals surface area contributed by atoms with Crippen LogP contribution < -0.4 is 5.56 Å². The molecule has 3 rings (SSSR count). The Morgan fingerprint density at radius 3 is 2.68 bits per heavy atom. The molecule has 0 radical (unpaired) electrons. The van der Waals surface area contributed by atoms with Crippen molar-refractivity contribution in [2.24, 2.45) is 0 Å². The predicted molar refractivity (Wildman–Crippen MR) is 80.0 cm³/mol. The second-order valence-electron chi connectivity index (χ2n) is 5.03. The van der Waals surface area contributed by atoms with Crippen LogP contribution >= 0.6 is 0 Å². The van der Waals surface area contributed by atoms with Gasteiger partial charge < -0.3 is 4.98 Å². The summed E-state index contributed by atoms with van der Waals surface area (Å²) in [5.41, 5.74) is 0.567. The number of hydrogen-bond acceptors (Lipinski definition) is 4. The van der Waals surface area contributed by atoms with E-state index in [0.29, 0.717) is 22.2 Å². The van der Waals surface area contributed by atoms with Crippen LogP contribution in [0.5, 0.6) is 0 Å². The minimum atomic E-state index is -3.47. The van der Waals surface area contributed by atoms with Crippen LogP contribution in [0.15, 0.2) is 34.1 Å². The lowest BCUT2D eigenvalue weighted by atomic mass is 10.1. The van der Waals surface area contributed by atoms with E-state index >= 15 is 0 Å². The summed E-state index contributed by atoms with van der Waals surface area (Å²) in [4.78, 5) is 14.8. The molecule has 0 amide bonds. The number of rotatable bonds is 2. The quantitative estimate of drug-likeness (QED) is 0.703. The maximum absolute atomic E-state index is 14.2. The lowest BCUT2D eigenvalue weighted by Crippen LogP contribution is -2.07. The third-order valence-corrected chi connectivity index (χ3v) is 4.56. The Morgan fingerprint density at radius 2 is 2.00 bits per heavy atom. The molecule has 0 saturated heterocycles. The number of benzene rings is 1. The molecule has 22 heavy (non-hydrogen) atoms. The second kappa shape index (κ2) is 4.77. The van der Waals surface area contributed by atoms with Crippen molar-refractivity contribution in [2.45, 2.75) is 11.8 Å². The molecule has 1 aromatic carbocycles. The number of hydrogen-bond donors (Lipinski definition) is 2. The minimum Gasteiger partial charge on any atom is -0.357 e. The highest BCUT2D eigenvalue weighted by Gasteiger charge is 2.18. The molecule has 0 unspecified atom stereocenters. The summed E-state index contributed by atoms with van der Waals surface area (Å²) in [6, 6.07) is 3.54. The SMILES string of the molecule is Cc1[nH]c(-c2cc(S(C)(=O)=O)ccc2F)c2cn[nH]c(=O)c12. The Balaban J connectivity index is 2.38. The summed E-state index contributed by atoms with van der Waals surface area (Å²) in [5, 5.41) is 6.84. The van der Waals surface area contributed by atoms with Gasteiger partial charge in [0.25, 0.3) is 5.56 Å². The second-order valence-corrected chi connectivity index (χ2v) is 7.04. The van der Waals surface area contributed by atoms with Crippen molar-refractivity contribution in [3.8, 4) is 11.3 Å². The van der Waals surface area contributed by atoms with Crippen LogP contribution in [-0.4, -0.2) is 29.9 Å². The van der Waals surface area contributed by atoms with E-state index in [1.54, 1.807) is 6.92 Å². The van der Waals surface area contributed by atoms with Gasteiger partial charge in [0.1, 0.15) is 5.82 Å². The number of nitrogens with one attached hydrogen (secondary N) is 2. The lowest BCUT2D eigenvalue weighted by molar-refractivity contribution is 0.600. The molecule has 8 heteroatoms. The number of halogens is 1. The van der Waals surface area contributed by atoms with Crippen molar-refractivity contribution in [3.63, 3.8) is 0 Å². The summed E-state index contributed by atoms with van der Waals surface area (Å²) in [6.07, 6.45) is 2.45. The molecule has 0 bridgehead atoms. The van der Waals surface area contributed by atoms with E-state index in [0.717, 1.165) is 12.3 Å². The van der Waals surface area contributed by atoms with Gasteiger partial charge in [-0.2, -0.15) is 5.10 Å². The number of aromatic amines is 2. The zero-order valence-corrected chi connectivity index (χ0v) is 12.6. The zero-order chi connectivity index (χ0) is 16.1. The smallest absolute Gasteiger partial charge is 0.273 e. The van der Waals surface area contributed by atoms with Crippen molar-refractivity contribution in [1.29, 1.82) is 0 Å². The maximum atomic E-state index is 14.2. The average molecular weight is 321 g/mol. The maximum Gasteiger partial charge on any atom is 0.273 e. The van der Waals surface area contributed by atoms with Crippen molar-refractivity contribution in [1.82, 2.24) is 15.2 Å². The van der Waals surface area contributed by atoms with E-state index < -0.39 is 21.2 Å². The third-order valence-electron chi connectivity index (χ3n) is 3.45. The molecule has 2 heterocycles. The average Bonchev–Trinajstić information content (AvgIpc) is 2.76. The number of H-pyrrole nitrogens is 2. The molecule has 3 aromatic rings. The van der Waals surface area contributed by atoms with E-state index in [1.165, 1.54) is 18.3 Å². The molecule has 2 aromatic heterocycles. The molecule has 6 nitrogen and oxygen atoms in total. The predicted octanol–water partition coefficient (Wildman–Crippen LogP) is 1.77. The fraction of sp³-hybridized carbons (Fsp3) is 0.143. The van der Waals surface area contributed by atoms with Gasteiger partial charge in [0.05, 0.1) is 22.2 Å². The molecule has 0 spiro atoms. The van der Waals surface area contributed by atoms with E-state index in [2.05, 4.69) is 15.2 Å². The van der Waals surface area contributed by atoms with Crippen LogP contribution in [0.25, 0.3) is 22.0 Å². The number of sulfone groups is 1. The van der Waals surface area contributed by atoms with Gasteiger partial charge in [-0.05, 0) is 25.1 Å². The van der Waals surface area contributed by atoms with Crippen LogP contribution in [0.2, 0.25) is 0 Å². The van der Waals surface area contributed by atoms with Gasteiger partial charge in [0.15, 0.2) is 9.84 Å². The van der Waals surface area contributed by atoms with Crippen LogP contribution in [0.1, 0.15) is 5.69 Å². The van der Waals surface area contributed by atoms with Gasteiger partial charge in [0, 0.05) is 22.9 Å². The first-order chi connectivity index (χ1) is 10.3. The van der Waals surface area contributed by atoms with Gasteiger partial charge in [-0.25, -0.2) is 17.9 Å². The highest BCUT2D eigenvalue weighted by Crippen LogP contribution is 2.31. The monoisotopic (exact) mass is 321 g/mol. The van der Waals surface area contributed by atoms with E-state index in [1.807, 2.05) is 0 Å². The number of aromatic nitrogens is 3. The highest BCUT2D eigenvalue weighted by molar-refractivity contribution is 7.90. The van der Waals surface area contributed by atoms with Crippen molar-refractivity contribution < 1.29 is 12.8 Å². The van der Waals surface area contributed by atoms with Crippen molar-refractivity contribution in [2.75, 3.05) is 6.26 Å². The molecule has 2 N–H and O–H groups in total. The van der Waals surface area contributed by atoms with Crippen LogP contribution in [-0.2, 0) is 9.84 Å². The molecule has 0 atom stereocenters. The topological polar surface area (TPSA) is 95.7 Å². The normalized spacial score (nSPS) is 12.0. The third kappa shape index (κ3) is 2.21. The largest absolute Gasteiger partial charge is 0.357 e. The Morgan fingerprint density at radius 1 is 1.27 bits per heavy atom. The summed E-state index contributed by atoms with van der Waals surface area (Å²) in [5.74, 6) is -0.587. The van der Waals surface area contributed by atoms with Gasteiger partial charge in [-0.3, -0.25) is 4.79 Å². The van der Waals surface area contributed by atoms with E-state index in [4.69, 9.17) is 0 Å². The zero-order valence-electron chi connectivity index (χ0n) is 11.8. The lowest BCUT2D eigenvalue weighted by Gasteiger charge is -2.05. The molecule has 114 valence electrons. The first kappa shape index (κ1) is 14.5. The Labute approximate surface area is 124 Å². The van der Waals surface area contributed by atoms with Crippen molar-refractivity contribution >= 4 is 20.6 Å². The van der Waals surface area contributed by atoms with Crippen LogP contribution in [0.4, 0.5) is 4.39 Å². The Bertz CT molecular complexity index is 1050. The first-order valence-corrected chi connectivity index (χ1v) is 8.24. The van der Waals surface area contributed by atoms with Gasteiger partial charge >= 0.3 is 0 Å². The minimum absolute atomic E-state index is 0.00195. The molecule has 0 aliphatic carbocycles.